The monoisotopic (exact) mass is 411 g/mol. The summed E-state index contributed by atoms with van der Waals surface area (Å²) in [6.45, 7) is 1.75. The summed E-state index contributed by atoms with van der Waals surface area (Å²) in [6.07, 6.45) is 0.474. The highest BCUT2D eigenvalue weighted by Gasteiger charge is 2.29. The molecule has 0 atom stereocenters. The van der Waals surface area contributed by atoms with Crippen LogP contribution in [0, 0.1) is 0 Å². The van der Waals surface area contributed by atoms with Crippen molar-refractivity contribution in [2.75, 3.05) is 6.61 Å². The van der Waals surface area contributed by atoms with Gasteiger partial charge in [0, 0.05) is 11.0 Å². The van der Waals surface area contributed by atoms with E-state index in [-0.39, 0.29) is 28.3 Å². The molecule has 0 N–H and O–H groups in total. The number of amides is 1. The fourth-order valence-electron chi connectivity index (χ4n) is 3.49. The molecular formula is C22H15Cl2NO3. The van der Waals surface area contributed by atoms with Gasteiger partial charge >= 0.3 is 6.09 Å². The molecule has 0 spiro atoms. The molecule has 0 radical (unpaired) electrons. The Balaban J connectivity index is 1.54. The number of rotatable bonds is 2. The van der Waals surface area contributed by atoms with Crippen LogP contribution in [-0.2, 0) is 9.53 Å². The molecule has 2 aliphatic carbocycles. The van der Waals surface area contributed by atoms with E-state index in [1.165, 1.54) is 6.08 Å². The molecule has 0 saturated carbocycles. The summed E-state index contributed by atoms with van der Waals surface area (Å²) in [7, 11) is 0. The number of fused-ring (bicyclic) bond motifs is 3. The first-order chi connectivity index (χ1) is 13.5. The Bertz CT molecular complexity index is 1050. The Kier molecular flexibility index (Phi) is 4.92. The number of hydrogen-bond donors (Lipinski definition) is 0. The molecule has 0 aromatic heterocycles. The average molecular weight is 412 g/mol. The van der Waals surface area contributed by atoms with Gasteiger partial charge in [0.05, 0.1) is 5.03 Å². The van der Waals surface area contributed by atoms with Crippen LogP contribution in [0.25, 0.3) is 11.1 Å². The van der Waals surface area contributed by atoms with Gasteiger partial charge in [0.1, 0.15) is 12.3 Å². The van der Waals surface area contributed by atoms with Gasteiger partial charge in [-0.3, -0.25) is 4.79 Å². The van der Waals surface area contributed by atoms with E-state index in [2.05, 4.69) is 17.1 Å². The lowest BCUT2D eigenvalue weighted by Crippen LogP contribution is -2.20. The second kappa shape index (κ2) is 7.38. The minimum Gasteiger partial charge on any atom is -0.447 e. The van der Waals surface area contributed by atoms with E-state index >= 15 is 0 Å². The zero-order valence-corrected chi connectivity index (χ0v) is 16.4. The Hall–Kier alpha value is -2.69. The van der Waals surface area contributed by atoms with E-state index < -0.39 is 11.9 Å². The van der Waals surface area contributed by atoms with Crippen molar-refractivity contribution < 1.29 is 14.3 Å². The van der Waals surface area contributed by atoms with E-state index in [0.717, 1.165) is 22.3 Å². The minimum absolute atomic E-state index is 0.0438. The zero-order valence-electron chi connectivity index (χ0n) is 14.9. The molecule has 0 saturated heterocycles. The van der Waals surface area contributed by atoms with Gasteiger partial charge in [-0.2, -0.15) is 4.99 Å². The van der Waals surface area contributed by atoms with Gasteiger partial charge in [-0.05, 0) is 40.8 Å². The quantitative estimate of drug-likeness (QED) is 0.604. The normalized spacial score (nSPS) is 17.5. The third-order valence-corrected chi connectivity index (χ3v) is 5.78. The Morgan fingerprint density at radius 2 is 1.61 bits per heavy atom. The van der Waals surface area contributed by atoms with Crippen molar-refractivity contribution in [3.63, 3.8) is 0 Å². The molecule has 0 fully saturated rings. The third kappa shape index (κ3) is 3.19. The van der Waals surface area contributed by atoms with Crippen LogP contribution in [0.15, 0.2) is 75.2 Å². The van der Waals surface area contributed by atoms with Gasteiger partial charge in [0.2, 0.25) is 5.78 Å². The second-order valence-corrected chi connectivity index (χ2v) is 7.35. The van der Waals surface area contributed by atoms with Crippen LogP contribution < -0.4 is 0 Å². The fraction of sp³-hybridized carbons (Fsp3) is 0.136. The van der Waals surface area contributed by atoms with Crippen molar-refractivity contribution >= 4 is 40.8 Å². The summed E-state index contributed by atoms with van der Waals surface area (Å²) in [6, 6.07) is 16.1. The molecule has 140 valence electrons. The van der Waals surface area contributed by atoms with Crippen LogP contribution in [0.5, 0.6) is 0 Å². The largest absolute Gasteiger partial charge is 0.447 e. The Labute approximate surface area is 172 Å². The lowest BCUT2D eigenvalue weighted by atomic mass is 9.98. The number of hydrogen-bond acceptors (Lipinski definition) is 3. The summed E-state index contributed by atoms with van der Waals surface area (Å²) >= 11 is 12.0. The highest BCUT2D eigenvalue weighted by molar-refractivity contribution is 6.64. The van der Waals surface area contributed by atoms with E-state index in [1.807, 2.05) is 36.4 Å². The molecule has 0 bridgehead atoms. The number of aliphatic imine (C=N–C) groups is 1. The van der Waals surface area contributed by atoms with E-state index in [4.69, 9.17) is 27.9 Å². The van der Waals surface area contributed by atoms with Crippen molar-refractivity contribution in [3.05, 3.63) is 81.4 Å². The molecule has 0 heterocycles. The van der Waals surface area contributed by atoms with Crippen molar-refractivity contribution in [1.82, 2.24) is 0 Å². The highest BCUT2D eigenvalue weighted by Crippen LogP contribution is 2.44. The van der Waals surface area contributed by atoms with Crippen LogP contribution >= 0.6 is 23.2 Å². The number of halogens is 2. The maximum absolute atomic E-state index is 12.2. The number of carbonyl (C=O) groups excluding carboxylic acids is 2. The minimum atomic E-state index is -0.852. The SMILES string of the molecule is CC1=C(Cl)C(=O)/C(=N/C(=O)OCC2c3ccccc3-c3ccccc32)C=C1Cl. The molecule has 6 heteroatoms. The molecule has 2 aromatic carbocycles. The fourth-order valence-corrected chi connectivity index (χ4v) is 3.93. The van der Waals surface area contributed by atoms with Gasteiger partial charge in [0.15, 0.2) is 0 Å². The number of allylic oxidation sites excluding steroid dienone is 4. The number of carbonyl (C=O) groups is 2. The van der Waals surface area contributed by atoms with Crippen molar-refractivity contribution in [2.24, 2.45) is 4.99 Å². The third-order valence-electron chi connectivity index (χ3n) is 4.93. The number of ether oxygens (including phenoxy) is 1. The molecule has 0 aliphatic heterocycles. The standard InChI is InChI=1S/C22H15Cl2NO3/c1-12-18(23)10-19(21(26)20(12)24)25-22(27)28-11-17-15-8-4-2-6-13(15)14-7-3-5-9-16(14)17/h2-10,17H,11H2,1H3/b25-19+. The molecule has 28 heavy (non-hydrogen) atoms. The highest BCUT2D eigenvalue weighted by atomic mass is 35.5. The predicted octanol–water partition coefficient (Wildman–Crippen LogP) is 5.59. The maximum atomic E-state index is 12.2. The molecule has 1 amide bonds. The van der Waals surface area contributed by atoms with Gasteiger partial charge in [0.25, 0.3) is 0 Å². The van der Waals surface area contributed by atoms with Crippen molar-refractivity contribution in [2.45, 2.75) is 12.8 Å². The Morgan fingerprint density at radius 1 is 1.04 bits per heavy atom. The molecule has 2 aliphatic rings. The average Bonchev–Trinajstić information content (AvgIpc) is 3.03. The van der Waals surface area contributed by atoms with Gasteiger partial charge in [-0.25, -0.2) is 4.79 Å². The van der Waals surface area contributed by atoms with Crippen LogP contribution in [0.2, 0.25) is 0 Å². The van der Waals surface area contributed by atoms with Crippen LogP contribution in [0.4, 0.5) is 4.79 Å². The molecule has 0 unspecified atom stereocenters. The van der Waals surface area contributed by atoms with Crippen LogP contribution in [0.3, 0.4) is 0 Å². The lowest BCUT2D eigenvalue weighted by Gasteiger charge is -2.14. The number of ketones is 1. The first-order valence-corrected chi connectivity index (χ1v) is 9.45. The maximum Gasteiger partial charge on any atom is 0.434 e. The summed E-state index contributed by atoms with van der Waals surface area (Å²) < 4.78 is 5.38. The second-order valence-electron chi connectivity index (χ2n) is 6.56. The molecular weight excluding hydrogens is 397 g/mol. The summed E-state index contributed by atoms with van der Waals surface area (Å²) in [5.41, 5.74) is 4.80. The number of Topliss-reactive ketones (excluding diaryl/α,β-unsaturated/α-hetero) is 1. The summed E-state index contributed by atoms with van der Waals surface area (Å²) in [5, 5.41) is 0.229. The van der Waals surface area contributed by atoms with E-state index in [9.17, 15) is 9.59 Å². The van der Waals surface area contributed by atoms with E-state index in [0.29, 0.717) is 5.57 Å². The smallest absolute Gasteiger partial charge is 0.434 e. The number of benzene rings is 2. The first-order valence-electron chi connectivity index (χ1n) is 8.69. The topological polar surface area (TPSA) is 55.7 Å². The number of nitrogens with zero attached hydrogens (tertiary/aromatic N) is 1. The molecule has 4 nitrogen and oxygen atoms in total. The predicted molar refractivity (Wildman–Crippen MR) is 110 cm³/mol. The van der Waals surface area contributed by atoms with Gasteiger partial charge in [-0.1, -0.05) is 71.7 Å². The van der Waals surface area contributed by atoms with Gasteiger partial charge < -0.3 is 4.74 Å². The van der Waals surface area contributed by atoms with Crippen molar-refractivity contribution in [1.29, 1.82) is 0 Å². The molecule has 4 rings (SSSR count). The summed E-state index contributed by atoms with van der Waals surface area (Å²) in [5.74, 6) is -0.625. The lowest BCUT2D eigenvalue weighted by molar-refractivity contribution is -0.109. The summed E-state index contributed by atoms with van der Waals surface area (Å²) in [4.78, 5) is 28.2. The Morgan fingerprint density at radius 3 is 2.21 bits per heavy atom. The van der Waals surface area contributed by atoms with Crippen molar-refractivity contribution in [3.8, 4) is 11.1 Å². The van der Waals surface area contributed by atoms with Gasteiger partial charge in [-0.15, -0.1) is 0 Å². The zero-order chi connectivity index (χ0) is 19.8. The van der Waals surface area contributed by atoms with E-state index in [1.54, 1.807) is 6.92 Å². The van der Waals surface area contributed by atoms with Crippen LogP contribution in [-0.4, -0.2) is 24.2 Å². The molecule has 2 aromatic rings. The van der Waals surface area contributed by atoms with Crippen LogP contribution in [0.1, 0.15) is 24.0 Å². The first kappa shape index (κ1) is 18.7.